The van der Waals surface area contributed by atoms with Crippen LogP contribution in [-0.4, -0.2) is 15.9 Å². The van der Waals surface area contributed by atoms with Crippen molar-refractivity contribution in [2.45, 2.75) is 6.61 Å². The first-order valence-corrected chi connectivity index (χ1v) is 7.42. The molecule has 3 heterocycles. The largest absolute Gasteiger partial charge is 0.454 e. The van der Waals surface area contributed by atoms with Gasteiger partial charge in [0.1, 0.15) is 17.3 Å². The van der Waals surface area contributed by atoms with Crippen LogP contribution in [-0.2, 0) is 11.3 Å². The zero-order chi connectivity index (χ0) is 13.1. The molecule has 0 atom stereocenters. The summed E-state index contributed by atoms with van der Waals surface area (Å²) in [6.45, 7) is 0.193. The summed E-state index contributed by atoms with van der Waals surface area (Å²) in [7, 11) is 0. The highest BCUT2D eigenvalue weighted by molar-refractivity contribution is 7.14. The summed E-state index contributed by atoms with van der Waals surface area (Å²) in [4.78, 5) is 18.9. The Labute approximate surface area is 117 Å². The van der Waals surface area contributed by atoms with Crippen LogP contribution >= 0.6 is 22.7 Å². The fraction of sp³-hybridized carbons (Fsp3) is 0.0769. The van der Waals surface area contributed by atoms with E-state index in [-0.39, 0.29) is 12.6 Å². The second kappa shape index (κ2) is 5.38. The average molecular weight is 290 g/mol. The number of nitrogens with one attached hydrogen (secondary N) is 1. The molecule has 1 N–H and O–H groups in total. The van der Waals surface area contributed by atoms with Gasteiger partial charge in [-0.15, -0.1) is 11.3 Å². The summed E-state index contributed by atoms with van der Waals surface area (Å²) in [6, 6.07) is 5.46. The maximum atomic E-state index is 11.6. The maximum absolute atomic E-state index is 11.6. The Morgan fingerprint density at radius 1 is 1.37 bits per heavy atom. The van der Waals surface area contributed by atoms with E-state index in [1.807, 2.05) is 22.2 Å². The molecule has 6 heteroatoms. The minimum atomic E-state index is -0.366. The molecule has 0 bridgehead atoms. The molecule has 19 heavy (non-hydrogen) atoms. The van der Waals surface area contributed by atoms with Crippen molar-refractivity contribution in [1.29, 1.82) is 0 Å². The third kappa shape index (κ3) is 2.74. The van der Waals surface area contributed by atoms with Crippen molar-refractivity contribution in [2.75, 3.05) is 0 Å². The summed E-state index contributed by atoms with van der Waals surface area (Å²) in [5, 5.41) is 6.93. The standard InChI is InChI=1S/C13H10N2O2S2/c16-13(11-2-1-4-14-11)17-6-10-8-19-12(15-10)9-3-5-18-7-9/h1-5,7-8,14H,6H2. The molecule has 3 aromatic heterocycles. The van der Waals surface area contributed by atoms with E-state index < -0.39 is 0 Å². The van der Waals surface area contributed by atoms with Crippen molar-refractivity contribution in [3.8, 4) is 10.6 Å². The van der Waals surface area contributed by atoms with Gasteiger partial charge in [-0.05, 0) is 23.6 Å². The lowest BCUT2D eigenvalue weighted by molar-refractivity contribution is 0.0462. The summed E-state index contributed by atoms with van der Waals surface area (Å²) >= 11 is 3.19. The number of thiophene rings is 1. The molecular formula is C13H10N2O2S2. The SMILES string of the molecule is O=C(OCc1csc(-c2ccsc2)n1)c1ccc[nH]1. The molecule has 0 radical (unpaired) electrons. The van der Waals surface area contributed by atoms with Gasteiger partial charge in [0.05, 0.1) is 5.69 Å². The zero-order valence-electron chi connectivity index (χ0n) is 9.83. The fourth-order valence-corrected chi connectivity index (χ4v) is 3.08. The number of carbonyl (C=O) groups is 1. The summed E-state index contributed by atoms with van der Waals surface area (Å²) < 4.78 is 5.18. The van der Waals surface area contributed by atoms with Gasteiger partial charge in [-0.25, -0.2) is 9.78 Å². The first-order valence-electron chi connectivity index (χ1n) is 5.60. The van der Waals surface area contributed by atoms with Gasteiger partial charge in [-0.3, -0.25) is 0 Å². The van der Waals surface area contributed by atoms with Gasteiger partial charge >= 0.3 is 5.97 Å². The van der Waals surface area contributed by atoms with Gasteiger partial charge in [0.15, 0.2) is 0 Å². The van der Waals surface area contributed by atoms with Crippen LogP contribution in [0, 0.1) is 0 Å². The number of aromatic amines is 1. The van der Waals surface area contributed by atoms with E-state index in [2.05, 4.69) is 9.97 Å². The summed E-state index contributed by atoms with van der Waals surface area (Å²) in [5.41, 5.74) is 2.33. The quantitative estimate of drug-likeness (QED) is 0.747. The molecule has 0 amide bonds. The Kier molecular flexibility index (Phi) is 3.43. The molecule has 0 aliphatic carbocycles. The van der Waals surface area contributed by atoms with Gasteiger partial charge in [0.2, 0.25) is 0 Å². The number of ether oxygens (including phenoxy) is 1. The third-order valence-electron chi connectivity index (χ3n) is 2.49. The first kappa shape index (κ1) is 12.1. The summed E-state index contributed by atoms with van der Waals surface area (Å²) in [5.74, 6) is -0.366. The second-order valence-corrected chi connectivity index (χ2v) is 5.45. The molecule has 0 aliphatic heterocycles. The fourth-order valence-electron chi connectivity index (χ4n) is 1.57. The van der Waals surface area contributed by atoms with Gasteiger partial charge in [0.25, 0.3) is 0 Å². The number of hydrogen-bond donors (Lipinski definition) is 1. The van der Waals surface area contributed by atoms with Gasteiger partial charge in [-0.2, -0.15) is 11.3 Å². The first-order chi connectivity index (χ1) is 9.33. The maximum Gasteiger partial charge on any atom is 0.355 e. The minimum Gasteiger partial charge on any atom is -0.454 e. The predicted octanol–water partition coefficient (Wildman–Crippen LogP) is 3.56. The van der Waals surface area contributed by atoms with Gasteiger partial charge < -0.3 is 9.72 Å². The van der Waals surface area contributed by atoms with E-state index in [0.717, 1.165) is 16.3 Å². The van der Waals surface area contributed by atoms with E-state index in [1.165, 1.54) is 0 Å². The average Bonchev–Trinajstić information content (AvgIpc) is 3.14. The number of esters is 1. The van der Waals surface area contributed by atoms with E-state index >= 15 is 0 Å². The van der Waals surface area contributed by atoms with Crippen molar-refractivity contribution in [3.63, 3.8) is 0 Å². The number of H-pyrrole nitrogens is 1. The number of hydrogen-bond acceptors (Lipinski definition) is 5. The van der Waals surface area contributed by atoms with Gasteiger partial charge in [0, 0.05) is 22.5 Å². The Hall–Kier alpha value is -1.92. The Morgan fingerprint density at radius 3 is 3.05 bits per heavy atom. The molecule has 0 fully saturated rings. The van der Waals surface area contributed by atoms with Crippen LogP contribution in [0.25, 0.3) is 10.6 Å². The molecule has 3 aromatic rings. The number of nitrogens with zero attached hydrogens (tertiary/aromatic N) is 1. The van der Waals surface area contributed by atoms with Crippen LogP contribution in [0.4, 0.5) is 0 Å². The highest BCUT2D eigenvalue weighted by Crippen LogP contribution is 2.25. The molecule has 0 unspecified atom stereocenters. The number of rotatable bonds is 4. The van der Waals surface area contributed by atoms with E-state index in [9.17, 15) is 4.79 Å². The third-order valence-corrected chi connectivity index (χ3v) is 4.11. The molecule has 0 spiro atoms. The molecule has 0 aromatic carbocycles. The van der Waals surface area contributed by atoms with Crippen molar-refractivity contribution in [3.05, 3.63) is 51.9 Å². The van der Waals surface area contributed by atoms with E-state index in [0.29, 0.717) is 5.69 Å². The molecule has 96 valence electrons. The van der Waals surface area contributed by atoms with Crippen molar-refractivity contribution in [2.24, 2.45) is 0 Å². The number of aromatic nitrogens is 2. The van der Waals surface area contributed by atoms with Crippen molar-refractivity contribution < 1.29 is 9.53 Å². The molecule has 3 rings (SSSR count). The van der Waals surface area contributed by atoms with Crippen LogP contribution < -0.4 is 0 Å². The highest BCUT2D eigenvalue weighted by Gasteiger charge is 2.10. The number of carbonyl (C=O) groups excluding carboxylic acids is 1. The highest BCUT2D eigenvalue weighted by atomic mass is 32.1. The lowest BCUT2D eigenvalue weighted by atomic mass is 10.4. The minimum absolute atomic E-state index is 0.193. The summed E-state index contributed by atoms with van der Waals surface area (Å²) in [6.07, 6.45) is 1.69. The normalized spacial score (nSPS) is 10.5. The molecular weight excluding hydrogens is 280 g/mol. The van der Waals surface area contributed by atoms with Crippen LogP contribution in [0.1, 0.15) is 16.2 Å². The zero-order valence-corrected chi connectivity index (χ0v) is 11.5. The Bertz CT molecular complexity index is 657. The molecule has 0 saturated carbocycles. The molecule has 0 saturated heterocycles. The molecule has 0 aliphatic rings. The van der Waals surface area contributed by atoms with Gasteiger partial charge in [-0.1, -0.05) is 0 Å². The van der Waals surface area contributed by atoms with Crippen molar-refractivity contribution >= 4 is 28.6 Å². The van der Waals surface area contributed by atoms with Crippen LogP contribution in [0.15, 0.2) is 40.5 Å². The number of thiazole rings is 1. The van der Waals surface area contributed by atoms with Crippen LogP contribution in [0.3, 0.4) is 0 Å². The second-order valence-electron chi connectivity index (χ2n) is 3.82. The predicted molar refractivity (Wildman–Crippen MR) is 75.3 cm³/mol. The van der Waals surface area contributed by atoms with E-state index in [1.54, 1.807) is 41.0 Å². The monoisotopic (exact) mass is 290 g/mol. The Morgan fingerprint density at radius 2 is 2.32 bits per heavy atom. The van der Waals surface area contributed by atoms with Crippen LogP contribution in [0.5, 0.6) is 0 Å². The van der Waals surface area contributed by atoms with Crippen LogP contribution in [0.2, 0.25) is 0 Å². The van der Waals surface area contributed by atoms with E-state index in [4.69, 9.17) is 4.74 Å². The lowest BCUT2D eigenvalue weighted by Gasteiger charge is -2.00. The molecule has 4 nitrogen and oxygen atoms in total. The smallest absolute Gasteiger partial charge is 0.355 e. The Balaban J connectivity index is 1.63. The van der Waals surface area contributed by atoms with Crippen molar-refractivity contribution in [1.82, 2.24) is 9.97 Å². The topological polar surface area (TPSA) is 55.0 Å². The lowest BCUT2D eigenvalue weighted by Crippen LogP contribution is -2.05.